The molecule has 0 spiro atoms. The van der Waals surface area contributed by atoms with Crippen molar-refractivity contribution in [3.8, 4) is 0 Å². The number of hydrogen-bond acceptors (Lipinski definition) is 9. The van der Waals surface area contributed by atoms with Crippen LogP contribution < -0.4 is 0 Å². The first kappa shape index (κ1) is 27.2. The van der Waals surface area contributed by atoms with Gasteiger partial charge in [0.1, 0.15) is 48.8 Å². The zero-order valence-corrected chi connectivity index (χ0v) is 23.6. The van der Waals surface area contributed by atoms with E-state index in [9.17, 15) is 9.90 Å². The molecule has 2 fully saturated rings. The van der Waals surface area contributed by atoms with Crippen molar-refractivity contribution in [2.75, 3.05) is 7.11 Å². The average Bonchev–Trinajstić information content (AvgIpc) is 3.36. The fourth-order valence-corrected chi connectivity index (χ4v) is 6.12. The van der Waals surface area contributed by atoms with Gasteiger partial charge in [-0.15, -0.1) is 0 Å². The van der Waals surface area contributed by atoms with E-state index in [4.69, 9.17) is 33.2 Å². The summed E-state index contributed by atoms with van der Waals surface area (Å²) in [4.78, 5) is 12.7. The zero-order chi connectivity index (χ0) is 26.5. The summed E-state index contributed by atoms with van der Waals surface area (Å²) in [5.41, 5.74) is 1.29. The quantitative estimate of drug-likeness (QED) is 0.376. The summed E-state index contributed by atoms with van der Waals surface area (Å²) in [6.07, 6.45) is -1.90. The first-order valence-electron chi connectivity index (χ1n) is 12.4. The first-order valence-corrected chi connectivity index (χ1v) is 13.4. The highest BCUT2D eigenvalue weighted by atomic mass is 127. The van der Waals surface area contributed by atoms with Gasteiger partial charge in [0.05, 0.1) is 19.3 Å². The number of aliphatic hydroxyl groups is 1. The number of rotatable bonds is 6. The highest BCUT2D eigenvalue weighted by Crippen LogP contribution is 2.44. The lowest BCUT2D eigenvalue weighted by atomic mass is 9.88. The zero-order valence-electron chi connectivity index (χ0n) is 21.5. The minimum absolute atomic E-state index is 0.286. The van der Waals surface area contributed by atoms with E-state index in [1.807, 2.05) is 50.3 Å². The molecule has 0 radical (unpaired) electrons. The maximum absolute atomic E-state index is 12.7. The SMILES string of the molecule is COC(=O)C1=C[C@H](OCc2ccccc2)[C@@H](O[C@H]2C=C(I)[C@H]3OC(C)(C)O[C@H]3[C@@H]2O)[C@@H]2OC(C)(C)O[C@H]12. The van der Waals surface area contributed by atoms with Gasteiger partial charge in [-0.3, -0.25) is 0 Å². The molecule has 1 aromatic carbocycles. The number of fused-ring (bicyclic) bond motifs is 2. The summed E-state index contributed by atoms with van der Waals surface area (Å²) in [6, 6.07) is 9.72. The van der Waals surface area contributed by atoms with Crippen LogP contribution in [-0.2, 0) is 44.6 Å². The number of carbonyl (C=O) groups is 1. The molecule has 0 unspecified atom stereocenters. The minimum atomic E-state index is -0.986. The molecule has 0 aromatic heterocycles. The van der Waals surface area contributed by atoms with Crippen LogP contribution in [-0.4, -0.2) is 78.6 Å². The Morgan fingerprint density at radius 1 is 0.946 bits per heavy atom. The largest absolute Gasteiger partial charge is 0.466 e. The molecule has 0 saturated carbocycles. The van der Waals surface area contributed by atoms with Gasteiger partial charge in [0.2, 0.25) is 0 Å². The van der Waals surface area contributed by atoms with E-state index in [1.165, 1.54) is 7.11 Å². The van der Waals surface area contributed by atoms with Gasteiger partial charge in [-0.05, 0) is 68.0 Å². The highest BCUT2D eigenvalue weighted by Gasteiger charge is 2.56. The molecular weight excluding hydrogens is 595 g/mol. The van der Waals surface area contributed by atoms with Crippen LogP contribution in [0.4, 0.5) is 0 Å². The lowest BCUT2D eigenvalue weighted by Crippen LogP contribution is -2.55. The number of halogens is 1. The first-order chi connectivity index (χ1) is 17.5. The van der Waals surface area contributed by atoms with Crippen LogP contribution in [0.2, 0.25) is 0 Å². The van der Waals surface area contributed by atoms with Crippen LogP contribution in [0.25, 0.3) is 0 Å². The van der Waals surface area contributed by atoms with E-state index in [2.05, 4.69) is 22.6 Å². The molecule has 2 heterocycles. The number of benzene rings is 1. The molecule has 0 amide bonds. The Labute approximate surface area is 230 Å². The van der Waals surface area contributed by atoms with Crippen molar-refractivity contribution in [2.45, 2.75) is 94.7 Å². The van der Waals surface area contributed by atoms with E-state index < -0.39 is 60.3 Å². The average molecular weight is 628 g/mol. The third-order valence-corrected chi connectivity index (χ3v) is 7.82. The third kappa shape index (κ3) is 5.53. The predicted molar refractivity (Wildman–Crippen MR) is 140 cm³/mol. The minimum Gasteiger partial charge on any atom is -0.466 e. The van der Waals surface area contributed by atoms with E-state index in [-0.39, 0.29) is 12.7 Å². The number of carbonyl (C=O) groups excluding carboxylic acids is 1. The van der Waals surface area contributed by atoms with Gasteiger partial charge in [-0.2, -0.15) is 0 Å². The fourth-order valence-electron chi connectivity index (χ4n) is 5.28. The number of methoxy groups -OCH3 is 1. The summed E-state index contributed by atoms with van der Waals surface area (Å²) in [6.45, 7) is 7.50. The number of ether oxygens (including phenoxy) is 7. The molecule has 2 saturated heterocycles. The fraction of sp³-hybridized carbons (Fsp3) is 0.593. The van der Waals surface area contributed by atoms with Gasteiger partial charge in [0, 0.05) is 3.58 Å². The van der Waals surface area contributed by atoms with Gasteiger partial charge < -0.3 is 38.3 Å². The maximum Gasteiger partial charge on any atom is 0.336 e. The third-order valence-electron chi connectivity index (χ3n) is 6.85. The Balaban J connectivity index is 1.46. The van der Waals surface area contributed by atoms with E-state index in [0.29, 0.717) is 5.57 Å². The topological polar surface area (TPSA) is 102 Å². The highest BCUT2D eigenvalue weighted by molar-refractivity contribution is 14.1. The molecule has 1 N–H and O–H groups in total. The second-order valence-corrected chi connectivity index (χ2v) is 11.8. The van der Waals surface area contributed by atoms with Gasteiger partial charge >= 0.3 is 5.97 Å². The Morgan fingerprint density at radius 2 is 1.59 bits per heavy atom. The van der Waals surface area contributed by atoms with E-state index in [1.54, 1.807) is 19.9 Å². The van der Waals surface area contributed by atoms with Crippen molar-refractivity contribution in [2.24, 2.45) is 0 Å². The number of aliphatic hydroxyl groups excluding tert-OH is 1. The van der Waals surface area contributed by atoms with E-state index >= 15 is 0 Å². The van der Waals surface area contributed by atoms with Gasteiger partial charge in [0.15, 0.2) is 11.6 Å². The molecule has 8 atom stereocenters. The Bertz CT molecular complexity index is 1070. The molecule has 37 heavy (non-hydrogen) atoms. The van der Waals surface area contributed by atoms with Crippen LogP contribution in [0.15, 0.2) is 51.6 Å². The molecule has 10 heteroatoms. The van der Waals surface area contributed by atoms with E-state index in [0.717, 1.165) is 9.14 Å². The molecule has 1 aromatic rings. The summed E-state index contributed by atoms with van der Waals surface area (Å²) in [7, 11) is 1.33. The monoisotopic (exact) mass is 628 g/mol. The summed E-state index contributed by atoms with van der Waals surface area (Å²) in [5, 5.41) is 11.3. The Kier molecular flexibility index (Phi) is 7.58. The van der Waals surface area contributed by atoms with Crippen molar-refractivity contribution < 1.29 is 43.1 Å². The van der Waals surface area contributed by atoms with Gasteiger partial charge in [-0.25, -0.2) is 4.79 Å². The number of hydrogen-bond donors (Lipinski definition) is 1. The molecule has 2 aliphatic heterocycles. The normalized spacial score (nSPS) is 37.8. The predicted octanol–water partition coefficient (Wildman–Crippen LogP) is 3.17. The van der Waals surface area contributed by atoms with Crippen LogP contribution in [0.3, 0.4) is 0 Å². The van der Waals surface area contributed by atoms with Crippen molar-refractivity contribution in [3.63, 3.8) is 0 Å². The van der Waals surface area contributed by atoms with Crippen molar-refractivity contribution in [1.82, 2.24) is 0 Å². The maximum atomic E-state index is 12.7. The molecule has 9 nitrogen and oxygen atoms in total. The van der Waals surface area contributed by atoms with Crippen molar-refractivity contribution in [3.05, 3.63) is 57.2 Å². The Hall–Kier alpha value is -1.38. The Morgan fingerprint density at radius 3 is 2.27 bits per heavy atom. The van der Waals surface area contributed by atoms with Crippen LogP contribution in [0, 0.1) is 0 Å². The molecule has 4 aliphatic rings. The number of esters is 1. The second-order valence-electron chi connectivity index (χ2n) is 10.5. The van der Waals surface area contributed by atoms with Crippen LogP contribution in [0.1, 0.15) is 33.3 Å². The smallest absolute Gasteiger partial charge is 0.336 e. The summed E-state index contributed by atoms with van der Waals surface area (Å²) >= 11 is 2.20. The summed E-state index contributed by atoms with van der Waals surface area (Å²) < 4.78 is 43.2. The molecule has 2 aliphatic carbocycles. The molecule has 0 bridgehead atoms. The molecular formula is C27H33IO9. The lowest BCUT2D eigenvalue weighted by Gasteiger charge is -2.40. The second kappa shape index (κ2) is 10.3. The molecule has 5 rings (SSSR count). The molecule has 202 valence electrons. The van der Waals surface area contributed by atoms with Crippen LogP contribution in [0.5, 0.6) is 0 Å². The van der Waals surface area contributed by atoms with Crippen molar-refractivity contribution in [1.29, 1.82) is 0 Å². The van der Waals surface area contributed by atoms with Crippen LogP contribution >= 0.6 is 22.6 Å². The van der Waals surface area contributed by atoms with Gasteiger partial charge in [-0.1, -0.05) is 30.3 Å². The lowest BCUT2D eigenvalue weighted by molar-refractivity contribution is -0.197. The van der Waals surface area contributed by atoms with Gasteiger partial charge in [0.25, 0.3) is 0 Å². The standard InChI is InChI=1S/C27H33IO9/c1-26(2)34-20-15(25(30)31-5)11-18(32-13-14-9-7-6-8-10-14)22(24(20)37-26)33-17-12-16(28)21-23(19(17)29)36-27(3,4)35-21/h6-12,17-24,29H,13H2,1-5H3/t17-,18-,19+,20+,21+,22+,23-,24+/m0/s1. The van der Waals surface area contributed by atoms with Crippen molar-refractivity contribution >= 4 is 28.6 Å². The summed E-state index contributed by atoms with van der Waals surface area (Å²) in [5.74, 6) is -2.31.